The lowest BCUT2D eigenvalue weighted by Gasteiger charge is -2.08. The van der Waals surface area contributed by atoms with Crippen molar-refractivity contribution in [1.29, 1.82) is 0 Å². The molecule has 0 aliphatic heterocycles. The largest absolute Gasteiger partial charge is 0.461 e. The van der Waals surface area contributed by atoms with Gasteiger partial charge in [0.1, 0.15) is 0 Å². The first-order valence-electron chi connectivity index (χ1n) is 8.09. The fourth-order valence-corrected chi connectivity index (χ4v) is 2.04. The van der Waals surface area contributed by atoms with Crippen molar-refractivity contribution in [2.24, 2.45) is 0 Å². The highest BCUT2D eigenvalue weighted by atomic mass is 16.5. The molecule has 0 atom stereocenters. The second-order valence-electron chi connectivity index (χ2n) is 4.99. The minimum absolute atomic E-state index is 0.248. The number of anilines is 1. The molecule has 134 valence electrons. The maximum Gasteiger partial charge on any atom is 0.358 e. The van der Waals surface area contributed by atoms with Gasteiger partial charge >= 0.3 is 12.0 Å². The highest BCUT2D eigenvalue weighted by Crippen LogP contribution is 2.13. The van der Waals surface area contributed by atoms with Gasteiger partial charge in [-0.2, -0.15) is 5.10 Å². The van der Waals surface area contributed by atoms with Crippen LogP contribution in [0.2, 0.25) is 0 Å². The summed E-state index contributed by atoms with van der Waals surface area (Å²) < 4.78 is 11.6. The van der Waals surface area contributed by atoms with Crippen molar-refractivity contribution in [1.82, 2.24) is 15.1 Å². The first-order chi connectivity index (χ1) is 12.1. The molecule has 0 unspecified atom stereocenters. The van der Waals surface area contributed by atoms with Crippen molar-refractivity contribution in [3.05, 3.63) is 42.2 Å². The Labute approximate surface area is 146 Å². The Bertz CT molecular complexity index is 697. The summed E-state index contributed by atoms with van der Waals surface area (Å²) in [7, 11) is 0. The molecule has 0 saturated carbocycles. The first-order valence-corrected chi connectivity index (χ1v) is 8.09. The summed E-state index contributed by atoms with van der Waals surface area (Å²) in [6.45, 7) is 5.49. The number of nitrogens with one attached hydrogen (secondary N) is 2. The van der Waals surface area contributed by atoms with E-state index in [0.717, 1.165) is 5.69 Å². The lowest BCUT2D eigenvalue weighted by Crippen LogP contribution is -2.31. The molecule has 0 fully saturated rings. The van der Waals surface area contributed by atoms with E-state index >= 15 is 0 Å². The van der Waals surface area contributed by atoms with E-state index in [9.17, 15) is 9.59 Å². The number of carbonyl (C=O) groups is 2. The maximum absolute atomic E-state index is 11.7. The smallest absolute Gasteiger partial charge is 0.358 e. The lowest BCUT2D eigenvalue weighted by atomic mass is 10.3. The van der Waals surface area contributed by atoms with Crippen molar-refractivity contribution in [2.45, 2.75) is 13.8 Å². The van der Waals surface area contributed by atoms with Crippen LogP contribution in [0.15, 0.2) is 36.5 Å². The van der Waals surface area contributed by atoms with Gasteiger partial charge in [-0.3, -0.25) is 0 Å². The van der Waals surface area contributed by atoms with Crippen LogP contribution in [0.3, 0.4) is 0 Å². The zero-order valence-electron chi connectivity index (χ0n) is 14.3. The van der Waals surface area contributed by atoms with Crippen LogP contribution in [0.4, 0.5) is 10.5 Å². The molecule has 0 aliphatic carbocycles. The average molecular weight is 346 g/mol. The Balaban J connectivity index is 1.91. The van der Waals surface area contributed by atoms with Gasteiger partial charge in [-0.25, -0.2) is 14.3 Å². The summed E-state index contributed by atoms with van der Waals surface area (Å²) in [4.78, 5) is 23.4. The molecule has 0 radical (unpaired) electrons. The van der Waals surface area contributed by atoms with Crippen LogP contribution >= 0.6 is 0 Å². The summed E-state index contributed by atoms with van der Waals surface area (Å²) in [5, 5.41) is 9.60. The van der Waals surface area contributed by atoms with Crippen LogP contribution in [0, 0.1) is 0 Å². The number of amides is 2. The summed E-state index contributed by atoms with van der Waals surface area (Å²) in [6, 6.07) is 8.38. The number of carbonyl (C=O) groups excluding carboxylic acids is 2. The summed E-state index contributed by atoms with van der Waals surface area (Å²) in [5.74, 6) is -0.455. The quantitative estimate of drug-likeness (QED) is 0.564. The van der Waals surface area contributed by atoms with Gasteiger partial charge in [0.2, 0.25) is 0 Å². The van der Waals surface area contributed by atoms with Gasteiger partial charge in [0.25, 0.3) is 0 Å². The van der Waals surface area contributed by atoms with Crippen LogP contribution in [0.1, 0.15) is 24.3 Å². The van der Waals surface area contributed by atoms with E-state index in [1.165, 1.54) is 0 Å². The van der Waals surface area contributed by atoms with E-state index in [1.54, 1.807) is 48.1 Å². The van der Waals surface area contributed by atoms with Gasteiger partial charge < -0.3 is 20.1 Å². The zero-order valence-corrected chi connectivity index (χ0v) is 14.3. The van der Waals surface area contributed by atoms with E-state index in [2.05, 4.69) is 15.7 Å². The van der Waals surface area contributed by atoms with E-state index in [-0.39, 0.29) is 11.7 Å². The molecule has 8 heteroatoms. The van der Waals surface area contributed by atoms with Crippen molar-refractivity contribution in [3.63, 3.8) is 0 Å². The number of urea groups is 1. The summed E-state index contributed by atoms with van der Waals surface area (Å²) in [6.07, 6.45) is 1.68. The summed E-state index contributed by atoms with van der Waals surface area (Å²) in [5.41, 5.74) is 1.66. The number of rotatable bonds is 8. The third kappa shape index (κ3) is 5.61. The highest BCUT2D eigenvalue weighted by Gasteiger charge is 2.11. The standard InChI is InChI=1S/C17H22N4O4/c1-3-24-12-10-18-17(23)19-13-5-7-14(8-6-13)21-11-9-15(20-21)16(22)25-4-2/h5-9,11H,3-4,10,12H2,1-2H3,(H2,18,19,23). The molecule has 2 aromatic rings. The van der Waals surface area contributed by atoms with Gasteiger partial charge in [0.05, 0.1) is 18.9 Å². The van der Waals surface area contributed by atoms with Crippen molar-refractivity contribution >= 4 is 17.7 Å². The Morgan fingerprint density at radius 3 is 2.56 bits per heavy atom. The molecule has 25 heavy (non-hydrogen) atoms. The molecule has 0 saturated heterocycles. The fourth-order valence-electron chi connectivity index (χ4n) is 2.04. The topological polar surface area (TPSA) is 94.5 Å². The van der Waals surface area contributed by atoms with Gasteiger partial charge in [-0.05, 0) is 44.2 Å². The fraction of sp³-hybridized carbons (Fsp3) is 0.353. The molecule has 0 bridgehead atoms. The number of esters is 1. The minimum atomic E-state index is -0.455. The third-order valence-electron chi connectivity index (χ3n) is 3.20. The van der Waals surface area contributed by atoms with Crippen molar-refractivity contribution in [2.75, 3.05) is 31.7 Å². The normalized spacial score (nSPS) is 10.3. The number of hydrogen-bond donors (Lipinski definition) is 2. The molecule has 0 spiro atoms. The van der Waals surface area contributed by atoms with Crippen LogP contribution in [-0.4, -0.2) is 48.1 Å². The van der Waals surface area contributed by atoms with Crippen LogP contribution in [0.25, 0.3) is 5.69 Å². The zero-order chi connectivity index (χ0) is 18.1. The molecule has 2 N–H and O–H groups in total. The monoisotopic (exact) mass is 346 g/mol. The molecular weight excluding hydrogens is 324 g/mol. The highest BCUT2D eigenvalue weighted by molar-refractivity contribution is 5.89. The Morgan fingerprint density at radius 1 is 1.12 bits per heavy atom. The number of hydrogen-bond acceptors (Lipinski definition) is 5. The minimum Gasteiger partial charge on any atom is -0.461 e. The Kier molecular flexibility index (Phi) is 6.97. The predicted molar refractivity (Wildman–Crippen MR) is 93.0 cm³/mol. The van der Waals surface area contributed by atoms with Crippen LogP contribution in [-0.2, 0) is 9.47 Å². The number of aromatic nitrogens is 2. The second kappa shape index (κ2) is 9.43. The van der Waals surface area contributed by atoms with E-state index in [0.29, 0.717) is 32.1 Å². The summed E-state index contributed by atoms with van der Waals surface area (Å²) >= 11 is 0. The van der Waals surface area contributed by atoms with E-state index in [1.807, 2.05) is 6.92 Å². The molecule has 1 aromatic heterocycles. The molecule has 1 aromatic carbocycles. The van der Waals surface area contributed by atoms with Gasteiger partial charge in [-0.15, -0.1) is 0 Å². The van der Waals surface area contributed by atoms with Crippen LogP contribution in [0.5, 0.6) is 0 Å². The molecule has 0 aliphatic rings. The van der Waals surface area contributed by atoms with Crippen LogP contribution < -0.4 is 10.6 Å². The lowest BCUT2D eigenvalue weighted by molar-refractivity contribution is 0.0519. The third-order valence-corrected chi connectivity index (χ3v) is 3.20. The first kappa shape index (κ1) is 18.5. The number of ether oxygens (including phenoxy) is 2. The van der Waals surface area contributed by atoms with E-state index < -0.39 is 5.97 Å². The molecule has 1 heterocycles. The van der Waals surface area contributed by atoms with Gasteiger partial charge in [0.15, 0.2) is 5.69 Å². The second-order valence-corrected chi connectivity index (χ2v) is 4.99. The Hall–Kier alpha value is -2.87. The average Bonchev–Trinajstić information content (AvgIpc) is 3.10. The molecule has 2 rings (SSSR count). The SMILES string of the molecule is CCOCCNC(=O)Nc1ccc(-n2ccc(C(=O)OCC)n2)cc1. The van der Waals surface area contributed by atoms with Gasteiger partial charge in [-0.1, -0.05) is 0 Å². The molecule has 8 nitrogen and oxygen atoms in total. The number of benzene rings is 1. The van der Waals surface area contributed by atoms with Gasteiger partial charge in [0, 0.05) is 25.0 Å². The Morgan fingerprint density at radius 2 is 1.88 bits per heavy atom. The van der Waals surface area contributed by atoms with Crippen molar-refractivity contribution in [3.8, 4) is 5.69 Å². The van der Waals surface area contributed by atoms with Crippen molar-refractivity contribution < 1.29 is 19.1 Å². The predicted octanol–water partition coefficient (Wildman–Crippen LogP) is 2.21. The number of nitrogens with zero attached hydrogens (tertiary/aromatic N) is 2. The van der Waals surface area contributed by atoms with E-state index in [4.69, 9.17) is 9.47 Å². The molecular formula is C17H22N4O4. The molecule has 2 amide bonds. The maximum atomic E-state index is 11.7.